The number of phosphoric ester groups is 1. The highest BCUT2D eigenvalue weighted by molar-refractivity contribution is 7.99. The maximum absolute atomic E-state index is 11.8. The Bertz CT molecular complexity index is 486. The molecule has 0 saturated carbocycles. The van der Waals surface area contributed by atoms with Crippen LogP contribution in [0.5, 0.6) is 0 Å². The van der Waals surface area contributed by atoms with E-state index in [1.807, 2.05) is 32.9 Å². The monoisotopic (exact) mass is 524 g/mol. The van der Waals surface area contributed by atoms with Crippen molar-refractivity contribution in [1.82, 2.24) is 0 Å². The lowest BCUT2D eigenvalue weighted by atomic mass is 10.0. The van der Waals surface area contributed by atoms with Crippen LogP contribution in [-0.2, 0) is 13.6 Å². The Morgan fingerprint density at radius 3 is 1.56 bits per heavy atom. The van der Waals surface area contributed by atoms with Gasteiger partial charge in [0.25, 0.3) is 0 Å². The summed E-state index contributed by atoms with van der Waals surface area (Å²) in [5.74, 6) is 3.01. The topological polar surface area (TPSA) is 55.8 Å². The molecule has 0 aromatic rings. The third-order valence-corrected chi connectivity index (χ3v) is 8.20. The van der Waals surface area contributed by atoms with Gasteiger partial charge in [0, 0.05) is 0 Å². The molecule has 5 nitrogen and oxygen atoms in total. The Labute approximate surface area is 217 Å². The van der Waals surface area contributed by atoms with Crippen molar-refractivity contribution in [3.8, 4) is 0 Å². The Morgan fingerprint density at radius 1 is 0.676 bits per heavy atom. The molecule has 0 rings (SSSR count). The largest absolute Gasteiger partial charge is 0.472 e. The molecule has 0 aliphatic heterocycles. The highest BCUT2D eigenvalue weighted by Crippen LogP contribution is 2.43. The molecule has 206 valence electrons. The third kappa shape index (κ3) is 28.7. The van der Waals surface area contributed by atoms with Crippen LogP contribution >= 0.6 is 19.6 Å². The van der Waals surface area contributed by atoms with Gasteiger partial charge in [0.1, 0.15) is 13.2 Å². The molecule has 0 aliphatic rings. The van der Waals surface area contributed by atoms with Crippen LogP contribution in [-0.4, -0.2) is 61.8 Å². The quantitative estimate of drug-likeness (QED) is 0.0699. The zero-order valence-electron chi connectivity index (χ0n) is 23.4. The number of rotatable bonds is 26. The van der Waals surface area contributed by atoms with Gasteiger partial charge in [0.2, 0.25) is 0 Å². The molecule has 0 radical (unpaired) electrons. The second-order valence-electron chi connectivity index (χ2n) is 11.2. The second kappa shape index (κ2) is 22.6. The fourth-order valence-electron chi connectivity index (χ4n) is 3.79. The first kappa shape index (κ1) is 34.4. The average Bonchev–Trinajstić information content (AvgIpc) is 2.73. The van der Waals surface area contributed by atoms with Gasteiger partial charge in [-0.15, -0.1) is 0 Å². The van der Waals surface area contributed by atoms with Crippen molar-refractivity contribution >= 4 is 19.6 Å². The summed E-state index contributed by atoms with van der Waals surface area (Å²) < 4.78 is 22.6. The summed E-state index contributed by atoms with van der Waals surface area (Å²) in [5, 5.41) is 0. The molecule has 1 N–H and O–H groups in total. The van der Waals surface area contributed by atoms with Gasteiger partial charge in [-0.3, -0.25) is 9.05 Å². The van der Waals surface area contributed by atoms with E-state index in [1.54, 1.807) is 0 Å². The fraction of sp³-hybridized carbons (Fsp3) is 1.00. The molecule has 0 aliphatic carbocycles. The van der Waals surface area contributed by atoms with E-state index in [9.17, 15) is 9.46 Å². The van der Waals surface area contributed by atoms with Crippen molar-refractivity contribution < 1.29 is 23.0 Å². The molecule has 0 amide bonds. The predicted octanol–water partition coefficient (Wildman–Crippen LogP) is 8.46. The first-order chi connectivity index (χ1) is 16.1. The van der Waals surface area contributed by atoms with E-state index in [0.29, 0.717) is 11.0 Å². The van der Waals surface area contributed by atoms with Gasteiger partial charge in [0.05, 0.1) is 27.7 Å². The maximum atomic E-state index is 11.8. The minimum absolute atomic E-state index is 0.227. The predicted molar refractivity (Wildman–Crippen MR) is 151 cm³/mol. The summed E-state index contributed by atoms with van der Waals surface area (Å²) in [4.78, 5) is 9.67. The summed E-state index contributed by atoms with van der Waals surface area (Å²) in [6.07, 6.45) is 21.8. The van der Waals surface area contributed by atoms with Gasteiger partial charge >= 0.3 is 7.82 Å². The Morgan fingerprint density at radius 2 is 1.09 bits per heavy atom. The molecule has 0 heterocycles. The van der Waals surface area contributed by atoms with Gasteiger partial charge < -0.3 is 9.38 Å². The molecule has 0 aromatic carbocycles. The van der Waals surface area contributed by atoms with Gasteiger partial charge in [0.15, 0.2) is 0 Å². The third-order valence-electron chi connectivity index (χ3n) is 6.02. The molecule has 7 heteroatoms. The van der Waals surface area contributed by atoms with Crippen LogP contribution in [0.25, 0.3) is 0 Å². The lowest BCUT2D eigenvalue weighted by Gasteiger charge is -2.24. The molecular weight excluding hydrogens is 465 g/mol. The highest BCUT2D eigenvalue weighted by Gasteiger charge is 2.21. The zero-order chi connectivity index (χ0) is 25.5. The minimum Gasteiger partial charge on any atom is -0.329 e. The number of unbranched alkanes of at least 4 members (excludes halogenated alkanes) is 13. The van der Waals surface area contributed by atoms with E-state index < -0.39 is 7.82 Å². The number of thioether (sulfide) groups is 1. The lowest BCUT2D eigenvalue weighted by Crippen LogP contribution is -2.37. The van der Waals surface area contributed by atoms with Gasteiger partial charge in [-0.25, -0.2) is 4.57 Å². The molecule has 1 atom stereocenters. The van der Waals surface area contributed by atoms with Crippen LogP contribution in [0.2, 0.25) is 0 Å². The first-order valence-corrected chi connectivity index (χ1v) is 16.8. The summed E-state index contributed by atoms with van der Waals surface area (Å²) in [6.45, 7) is 5.83. The van der Waals surface area contributed by atoms with Crippen molar-refractivity contribution in [2.24, 2.45) is 5.92 Å². The zero-order valence-corrected chi connectivity index (χ0v) is 25.1. The number of likely N-dealkylation sites (N-methyl/N-ethyl adjacent to an activating group) is 1. The van der Waals surface area contributed by atoms with Crippen molar-refractivity contribution in [2.75, 3.05) is 52.4 Å². The Balaban J connectivity index is 3.23. The van der Waals surface area contributed by atoms with Gasteiger partial charge in [-0.05, 0) is 30.3 Å². The van der Waals surface area contributed by atoms with E-state index in [4.69, 9.17) is 9.05 Å². The van der Waals surface area contributed by atoms with E-state index in [0.717, 1.165) is 18.1 Å². The molecule has 34 heavy (non-hydrogen) atoms. The standard InChI is InChI=1S/C27H58NO4PS/c1-27(2)21-18-16-14-12-10-8-6-7-9-11-13-15-17-19-25-34-26-20-23-31-33(29,30)32-24-22-28(3,4)5/h27H,6-26H2,1-5H3/p+1. The Kier molecular flexibility index (Phi) is 22.9. The Hall–Kier alpha value is 0.420. The molecule has 0 aromatic heterocycles. The average molecular weight is 525 g/mol. The van der Waals surface area contributed by atoms with Crippen molar-refractivity contribution in [1.29, 1.82) is 0 Å². The van der Waals surface area contributed by atoms with Crippen LogP contribution in [0.3, 0.4) is 0 Å². The SMILES string of the molecule is CC(C)CCCCCCCCCCCCCCCCSCCCOP(=O)(O)OCC[N+](C)(C)C. The number of hydrogen-bond donors (Lipinski definition) is 1. The number of phosphoric acid groups is 1. The van der Waals surface area contributed by atoms with E-state index in [-0.39, 0.29) is 13.2 Å². The fourth-order valence-corrected chi connectivity index (χ4v) is 5.47. The van der Waals surface area contributed by atoms with E-state index >= 15 is 0 Å². The number of hydrogen-bond acceptors (Lipinski definition) is 4. The second-order valence-corrected chi connectivity index (χ2v) is 13.9. The van der Waals surface area contributed by atoms with E-state index in [2.05, 4.69) is 13.8 Å². The van der Waals surface area contributed by atoms with Crippen molar-refractivity contribution in [3.05, 3.63) is 0 Å². The smallest absolute Gasteiger partial charge is 0.329 e. The summed E-state index contributed by atoms with van der Waals surface area (Å²) in [5.41, 5.74) is 0. The summed E-state index contributed by atoms with van der Waals surface area (Å²) in [7, 11) is 2.16. The van der Waals surface area contributed by atoms with Gasteiger partial charge in [-0.2, -0.15) is 11.8 Å². The minimum atomic E-state index is -3.89. The first-order valence-electron chi connectivity index (χ1n) is 14.1. The van der Waals surface area contributed by atoms with Crippen LogP contribution in [0, 0.1) is 5.92 Å². The van der Waals surface area contributed by atoms with Crippen LogP contribution < -0.4 is 0 Å². The summed E-state index contributed by atoms with van der Waals surface area (Å²) >= 11 is 1.92. The molecule has 0 bridgehead atoms. The van der Waals surface area contributed by atoms with Crippen LogP contribution in [0.15, 0.2) is 0 Å². The molecule has 0 spiro atoms. The summed E-state index contributed by atoms with van der Waals surface area (Å²) in [6, 6.07) is 0. The molecule has 1 unspecified atom stereocenters. The molecule has 0 fully saturated rings. The van der Waals surface area contributed by atoms with Crippen LogP contribution in [0.1, 0.15) is 117 Å². The maximum Gasteiger partial charge on any atom is 0.472 e. The van der Waals surface area contributed by atoms with Gasteiger partial charge in [-0.1, -0.05) is 104 Å². The lowest BCUT2D eigenvalue weighted by molar-refractivity contribution is -0.870. The van der Waals surface area contributed by atoms with Crippen molar-refractivity contribution in [3.63, 3.8) is 0 Å². The highest BCUT2D eigenvalue weighted by atomic mass is 32.2. The van der Waals surface area contributed by atoms with Crippen LogP contribution in [0.4, 0.5) is 0 Å². The van der Waals surface area contributed by atoms with E-state index in [1.165, 1.54) is 102 Å². The normalized spacial score (nSPS) is 14.1. The molecular formula is C27H59NO4PS+. The number of nitrogens with zero attached hydrogens (tertiary/aromatic N) is 1. The number of quaternary nitrogens is 1. The molecule has 0 saturated heterocycles. The van der Waals surface area contributed by atoms with Crippen molar-refractivity contribution in [2.45, 2.75) is 117 Å².